The molecule has 0 aliphatic carbocycles. The molecular weight excluding hydrogens is 308 g/mol. The number of carbonyl (C=O) groups excluding carboxylic acids is 1. The van der Waals surface area contributed by atoms with Crippen LogP contribution in [0.1, 0.15) is 24.5 Å². The van der Waals surface area contributed by atoms with Gasteiger partial charge in [-0.3, -0.25) is 4.21 Å². The van der Waals surface area contributed by atoms with E-state index in [-0.39, 0.29) is 11.3 Å². The van der Waals surface area contributed by atoms with Crippen molar-refractivity contribution in [1.82, 2.24) is 10.2 Å². The third kappa shape index (κ3) is 4.45. The van der Waals surface area contributed by atoms with Gasteiger partial charge in [0.15, 0.2) is 0 Å². The Hall–Kier alpha value is -1.07. The Morgan fingerprint density at radius 3 is 2.95 bits per heavy atom. The van der Waals surface area contributed by atoms with Crippen molar-refractivity contribution in [3.8, 4) is 0 Å². The fraction of sp³-hybridized carbons (Fsp3) is 0.533. The first-order valence-electron chi connectivity index (χ1n) is 7.09. The minimum atomic E-state index is -0.842. The first kappa shape index (κ1) is 16.3. The summed E-state index contributed by atoms with van der Waals surface area (Å²) in [5.41, 5.74) is 2.38. The number of carbonyl (C=O) groups is 1. The molecule has 0 radical (unpaired) electrons. The molecule has 0 bridgehead atoms. The maximum absolute atomic E-state index is 12.2. The molecule has 1 N–H and O–H groups in total. The molecule has 0 spiro atoms. The van der Waals surface area contributed by atoms with Gasteiger partial charge in [-0.05, 0) is 36.1 Å². The van der Waals surface area contributed by atoms with E-state index in [1.54, 1.807) is 11.2 Å². The Labute approximate surface area is 133 Å². The summed E-state index contributed by atoms with van der Waals surface area (Å²) in [7, 11) is -0.842. The third-order valence-electron chi connectivity index (χ3n) is 3.86. The standard InChI is InChI=1S/C15H21ClN2O2S/c1-11(21(2)20)5-7-17-15(19)18-8-6-12-3-4-14(16)9-13(12)10-18/h3-4,9,11H,5-8,10H2,1-2H3,(H,17,19)/t11-,21-/m0/s1. The Kier molecular flexibility index (Phi) is 5.65. The van der Waals surface area contributed by atoms with Crippen LogP contribution in [0.25, 0.3) is 0 Å². The number of nitrogens with one attached hydrogen (secondary N) is 1. The smallest absolute Gasteiger partial charge is 0.317 e. The van der Waals surface area contributed by atoms with Crippen molar-refractivity contribution in [2.75, 3.05) is 19.3 Å². The molecule has 1 aromatic carbocycles. The van der Waals surface area contributed by atoms with Crippen LogP contribution in [0.3, 0.4) is 0 Å². The van der Waals surface area contributed by atoms with Gasteiger partial charge in [0.05, 0.1) is 0 Å². The van der Waals surface area contributed by atoms with Crippen LogP contribution in [0.4, 0.5) is 4.79 Å². The first-order chi connectivity index (χ1) is 9.97. The quantitative estimate of drug-likeness (QED) is 0.923. The summed E-state index contributed by atoms with van der Waals surface area (Å²) in [6, 6.07) is 5.79. The lowest BCUT2D eigenvalue weighted by Gasteiger charge is -2.29. The molecule has 4 nitrogen and oxygen atoms in total. The summed E-state index contributed by atoms with van der Waals surface area (Å²) in [5.74, 6) is 0. The maximum Gasteiger partial charge on any atom is 0.317 e. The minimum Gasteiger partial charge on any atom is -0.338 e. The highest BCUT2D eigenvalue weighted by molar-refractivity contribution is 7.84. The zero-order chi connectivity index (χ0) is 15.4. The van der Waals surface area contributed by atoms with Crippen molar-refractivity contribution < 1.29 is 9.00 Å². The summed E-state index contributed by atoms with van der Waals surface area (Å²) in [6.07, 6.45) is 3.28. The Morgan fingerprint density at radius 1 is 1.48 bits per heavy atom. The summed E-state index contributed by atoms with van der Waals surface area (Å²) < 4.78 is 11.3. The molecule has 1 heterocycles. The Balaban J connectivity index is 1.86. The van der Waals surface area contributed by atoms with Crippen molar-refractivity contribution in [1.29, 1.82) is 0 Å². The predicted octanol–water partition coefficient (Wildman–Crippen LogP) is 2.56. The van der Waals surface area contributed by atoms with Crippen LogP contribution in [0, 0.1) is 0 Å². The number of hydrogen-bond acceptors (Lipinski definition) is 2. The minimum absolute atomic E-state index is 0.0605. The molecule has 1 aliphatic heterocycles. The molecular formula is C15H21ClN2O2S. The molecule has 116 valence electrons. The fourth-order valence-electron chi connectivity index (χ4n) is 2.36. The highest BCUT2D eigenvalue weighted by atomic mass is 35.5. The van der Waals surface area contributed by atoms with E-state index >= 15 is 0 Å². The molecule has 0 unspecified atom stereocenters. The summed E-state index contributed by atoms with van der Waals surface area (Å²) >= 11 is 6.00. The SMILES string of the molecule is C[C@@H](CCNC(=O)N1CCc2ccc(Cl)cc2C1)[S@](C)=O. The van der Waals surface area contributed by atoms with Crippen LogP contribution in [0.15, 0.2) is 18.2 Å². The number of urea groups is 1. The molecule has 2 rings (SSSR count). The maximum atomic E-state index is 12.2. The van der Waals surface area contributed by atoms with Crippen molar-refractivity contribution in [3.63, 3.8) is 0 Å². The van der Waals surface area contributed by atoms with E-state index in [0.29, 0.717) is 18.1 Å². The number of rotatable bonds is 4. The van der Waals surface area contributed by atoms with Crippen molar-refractivity contribution in [2.45, 2.75) is 31.6 Å². The van der Waals surface area contributed by atoms with E-state index < -0.39 is 10.8 Å². The number of fused-ring (bicyclic) bond motifs is 1. The van der Waals surface area contributed by atoms with E-state index in [4.69, 9.17) is 11.6 Å². The van der Waals surface area contributed by atoms with Gasteiger partial charge >= 0.3 is 6.03 Å². The summed E-state index contributed by atoms with van der Waals surface area (Å²) in [5, 5.41) is 3.71. The molecule has 0 saturated heterocycles. The molecule has 1 aromatic rings. The van der Waals surface area contributed by atoms with E-state index in [1.807, 2.05) is 25.1 Å². The van der Waals surface area contributed by atoms with Gasteiger partial charge in [-0.2, -0.15) is 0 Å². The fourth-order valence-corrected chi connectivity index (χ4v) is 3.00. The second kappa shape index (κ2) is 7.27. The van der Waals surface area contributed by atoms with E-state index in [9.17, 15) is 9.00 Å². The highest BCUT2D eigenvalue weighted by Crippen LogP contribution is 2.22. The summed E-state index contributed by atoms with van der Waals surface area (Å²) in [6.45, 7) is 3.80. The van der Waals surface area contributed by atoms with Crippen molar-refractivity contribution in [2.24, 2.45) is 0 Å². The van der Waals surface area contributed by atoms with E-state index in [0.717, 1.165) is 24.9 Å². The Bertz CT molecular complexity index is 550. The van der Waals surface area contributed by atoms with Crippen molar-refractivity contribution >= 4 is 28.4 Å². The molecule has 21 heavy (non-hydrogen) atoms. The Morgan fingerprint density at radius 2 is 2.24 bits per heavy atom. The highest BCUT2D eigenvalue weighted by Gasteiger charge is 2.20. The number of amides is 2. The first-order valence-corrected chi connectivity index (χ1v) is 9.09. The lowest BCUT2D eigenvalue weighted by molar-refractivity contribution is 0.192. The number of halogens is 1. The van der Waals surface area contributed by atoms with E-state index in [1.165, 1.54) is 5.56 Å². The lowest BCUT2D eigenvalue weighted by atomic mass is 10.0. The van der Waals surface area contributed by atoms with Crippen LogP contribution in [-0.2, 0) is 23.8 Å². The summed E-state index contributed by atoms with van der Waals surface area (Å²) in [4.78, 5) is 13.9. The second-order valence-corrected chi connectivity index (χ2v) is 7.65. The van der Waals surface area contributed by atoms with Gasteiger partial charge in [0, 0.05) is 47.0 Å². The van der Waals surface area contributed by atoms with Crippen LogP contribution in [0.5, 0.6) is 0 Å². The normalized spacial score (nSPS) is 17.0. The largest absolute Gasteiger partial charge is 0.338 e. The molecule has 2 atom stereocenters. The topological polar surface area (TPSA) is 49.4 Å². The molecule has 6 heteroatoms. The van der Waals surface area contributed by atoms with E-state index in [2.05, 4.69) is 5.32 Å². The molecule has 2 amide bonds. The average Bonchev–Trinajstić information content (AvgIpc) is 2.45. The second-order valence-electron chi connectivity index (χ2n) is 5.41. The van der Waals surface area contributed by atoms with Gasteiger partial charge in [-0.15, -0.1) is 0 Å². The lowest BCUT2D eigenvalue weighted by Crippen LogP contribution is -2.43. The average molecular weight is 329 g/mol. The zero-order valence-corrected chi connectivity index (χ0v) is 14.0. The van der Waals surface area contributed by atoms with Gasteiger partial charge < -0.3 is 10.2 Å². The van der Waals surface area contributed by atoms with Gasteiger partial charge in [0.25, 0.3) is 0 Å². The van der Waals surface area contributed by atoms with Crippen LogP contribution >= 0.6 is 11.6 Å². The zero-order valence-electron chi connectivity index (χ0n) is 12.4. The third-order valence-corrected chi connectivity index (χ3v) is 5.47. The number of nitrogens with zero attached hydrogens (tertiary/aromatic N) is 1. The van der Waals surface area contributed by atoms with Crippen LogP contribution in [0.2, 0.25) is 5.02 Å². The van der Waals surface area contributed by atoms with Gasteiger partial charge in [-0.25, -0.2) is 4.79 Å². The number of hydrogen-bond donors (Lipinski definition) is 1. The molecule has 0 aromatic heterocycles. The molecule has 0 fully saturated rings. The van der Waals surface area contributed by atoms with Gasteiger partial charge in [0.2, 0.25) is 0 Å². The monoisotopic (exact) mass is 328 g/mol. The molecule has 1 aliphatic rings. The van der Waals surface area contributed by atoms with Crippen LogP contribution < -0.4 is 5.32 Å². The van der Waals surface area contributed by atoms with Crippen molar-refractivity contribution in [3.05, 3.63) is 34.3 Å². The molecule has 0 saturated carbocycles. The predicted molar refractivity (Wildman–Crippen MR) is 87.1 cm³/mol. The number of benzene rings is 1. The van der Waals surface area contributed by atoms with Gasteiger partial charge in [0.1, 0.15) is 0 Å². The van der Waals surface area contributed by atoms with Crippen LogP contribution in [-0.4, -0.2) is 39.7 Å². The van der Waals surface area contributed by atoms with Gasteiger partial charge in [-0.1, -0.05) is 24.6 Å².